The summed E-state index contributed by atoms with van der Waals surface area (Å²) < 4.78 is 5.68. The van der Waals surface area contributed by atoms with E-state index in [1.165, 1.54) is 11.3 Å². The van der Waals surface area contributed by atoms with E-state index in [1.54, 1.807) is 42.5 Å². The van der Waals surface area contributed by atoms with Gasteiger partial charge < -0.3 is 15.0 Å². The Balaban J connectivity index is 1.80. The first-order valence-corrected chi connectivity index (χ1v) is 12.4. The Hall–Kier alpha value is -1.95. The van der Waals surface area contributed by atoms with E-state index in [0.29, 0.717) is 32.8 Å². The van der Waals surface area contributed by atoms with Crippen molar-refractivity contribution < 1.29 is 14.3 Å². The van der Waals surface area contributed by atoms with Gasteiger partial charge in [-0.15, -0.1) is 0 Å². The first-order valence-electron chi connectivity index (χ1n) is 11.3. The van der Waals surface area contributed by atoms with Gasteiger partial charge in [0.2, 0.25) is 5.91 Å². The molecule has 0 radical (unpaired) electrons. The number of halogens is 3. The third kappa shape index (κ3) is 7.26. The molecule has 2 amide bonds. The van der Waals surface area contributed by atoms with E-state index in [2.05, 4.69) is 5.32 Å². The van der Waals surface area contributed by atoms with Crippen molar-refractivity contribution in [1.82, 2.24) is 10.2 Å². The second kappa shape index (κ2) is 12.5. The summed E-state index contributed by atoms with van der Waals surface area (Å²) in [6, 6.07) is 11.5. The van der Waals surface area contributed by atoms with Gasteiger partial charge in [0.1, 0.15) is 11.8 Å². The van der Waals surface area contributed by atoms with Crippen molar-refractivity contribution in [1.29, 1.82) is 0 Å². The van der Waals surface area contributed by atoms with Crippen LogP contribution in [0.3, 0.4) is 0 Å². The Morgan fingerprint density at radius 3 is 2.36 bits per heavy atom. The molecule has 1 unspecified atom stereocenters. The molecule has 3 rings (SSSR count). The molecule has 0 saturated heterocycles. The van der Waals surface area contributed by atoms with E-state index in [1.807, 2.05) is 6.92 Å². The van der Waals surface area contributed by atoms with Crippen LogP contribution in [0, 0.1) is 0 Å². The van der Waals surface area contributed by atoms with Gasteiger partial charge in [-0.05, 0) is 49.6 Å². The molecule has 0 spiro atoms. The van der Waals surface area contributed by atoms with Crippen LogP contribution in [0.2, 0.25) is 15.1 Å². The van der Waals surface area contributed by atoms with Crippen LogP contribution in [0.4, 0.5) is 0 Å². The van der Waals surface area contributed by atoms with Crippen molar-refractivity contribution in [3.8, 4) is 5.75 Å². The quantitative estimate of drug-likeness (QED) is 0.431. The second-order valence-electron chi connectivity index (χ2n) is 8.24. The number of nitrogens with zero attached hydrogens (tertiary/aromatic N) is 1. The van der Waals surface area contributed by atoms with Crippen LogP contribution in [0.25, 0.3) is 0 Å². The average Bonchev–Trinajstić information content (AvgIpc) is 2.80. The molecule has 1 aliphatic rings. The maximum Gasteiger partial charge on any atom is 0.261 e. The molecule has 0 bridgehead atoms. The molecule has 1 fully saturated rings. The Labute approximate surface area is 210 Å². The van der Waals surface area contributed by atoms with E-state index in [-0.39, 0.29) is 31.0 Å². The fourth-order valence-corrected chi connectivity index (χ4v) is 4.80. The molecule has 2 aromatic rings. The maximum atomic E-state index is 13.3. The van der Waals surface area contributed by atoms with Crippen molar-refractivity contribution in [3.05, 3.63) is 63.1 Å². The van der Waals surface area contributed by atoms with Gasteiger partial charge in [-0.25, -0.2) is 0 Å². The van der Waals surface area contributed by atoms with Gasteiger partial charge in [0, 0.05) is 33.2 Å². The maximum absolute atomic E-state index is 13.3. The highest BCUT2D eigenvalue weighted by molar-refractivity contribution is 6.36. The molecule has 1 atom stereocenters. The number of carbonyl (C=O) groups excluding carboxylic acids is 2. The lowest BCUT2D eigenvalue weighted by molar-refractivity contribution is -0.143. The van der Waals surface area contributed by atoms with Gasteiger partial charge in [-0.1, -0.05) is 73.1 Å². The number of benzene rings is 2. The highest BCUT2D eigenvalue weighted by atomic mass is 35.5. The third-order valence-electron chi connectivity index (χ3n) is 5.89. The van der Waals surface area contributed by atoms with E-state index in [9.17, 15) is 9.59 Å². The average molecular weight is 512 g/mol. The predicted octanol–water partition coefficient (Wildman–Crippen LogP) is 6.28. The van der Waals surface area contributed by atoms with Crippen molar-refractivity contribution in [2.24, 2.45) is 0 Å². The Morgan fingerprint density at radius 2 is 1.73 bits per heavy atom. The van der Waals surface area contributed by atoms with Crippen molar-refractivity contribution >= 4 is 46.6 Å². The van der Waals surface area contributed by atoms with Gasteiger partial charge in [0.25, 0.3) is 5.91 Å². The minimum Gasteiger partial charge on any atom is -0.484 e. The van der Waals surface area contributed by atoms with E-state index in [4.69, 9.17) is 39.5 Å². The SMILES string of the molecule is CCC(C(=O)NC1CCCCC1)N(Cc1c(Cl)cccc1Cl)C(=O)COc1cccc(Cl)c1. The highest BCUT2D eigenvalue weighted by Gasteiger charge is 2.31. The first-order chi connectivity index (χ1) is 15.9. The lowest BCUT2D eigenvalue weighted by Gasteiger charge is -2.33. The zero-order valence-corrected chi connectivity index (χ0v) is 20.9. The largest absolute Gasteiger partial charge is 0.484 e. The summed E-state index contributed by atoms with van der Waals surface area (Å²) in [6.45, 7) is 1.75. The zero-order valence-electron chi connectivity index (χ0n) is 18.7. The number of amides is 2. The molecular weight excluding hydrogens is 483 g/mol. The van der Waals surface area contributed by atoms with Gasteiger partial charge in [0.05, 0.1) is 0 Å². The van der Waals surface area contributed by atoms with Gasteiger partial charge in [-0.3, -0.25) is 9.59 Å². The molecule has 2 aromatic carbocycles. The number of rotatable bonds is 9. The van der Waals surface area contributed by atoms with Crippen LogP contribution in [0.15, 0.2) is 42.5 Å². The smallest absolute Gasteiger partial charge is 0.261 e. The fourth-order valence-electron chi connectivity index (χ4n) is 4.10. The van der Waals surface area contributed by atoms with Crippen LogP contribution >= 0.6 is 34.8 Å². The zero-order chi connectivity index (χ0) is 23.8. The van der Waals surface area contributed by atoms with Crippen LogP contribution < -0.4 is 10.1 Å². The molecule has 0 aromatic heterocycles. The Bertz CT molecular complexity index is 943. The number of hydrogen-bond acceptors (Lipinski definition) is 3. The normalized spacial score (nSPS) is 15.0. The molecule has 0 heterocycles. The number of nitrogens with one attached hydrogen (secondary N) is 1. The lowest BCUT2D eigenvalue weighted by atomic mass is 9.95. The molecule has 1 N–H and O–H groups in total. The Kier molecular flexibility index (Phi) is 9.72. The summed E-state index contributed by atoms with van der Waals surface area (Å²) in [4.78, 5) is 28.1. The Morgan fingerprint density at radius 1 is 1.06 bits per heavy atom. The second-order valence-corrected chi connectivity index (χ2v) is 9.49. The lowest BCUT2D eigenvalue weighted by Crippen LogP contribution is -2.52. The molecule has 33 heavy (non-hydrogen) atoms. The minimum absolute atomic E-state index is 0.104. The van der Waals surface area contributed by atoms with Crippen LogP contribution in [0.5, 0.6) is 5.75 Å². The summed E-state index contributed by atoms with van der Waals surface area (Å²) in [5.41, 5.74) is 0.598. The van der Waals surface area contributed by atoms with E-state index < -0.39 is 6.04 Å². The fraction of sp³-hybridized carbons (Fsp3) is 0.440. The van der Waals surface area contributed by atoms with Crippen molar-refractivity contribution in [2.45, 2.75) is 64.1 Å². The van der Waals surface area contributed by atoms with Gasteiger partial charge in [0.15, 0.2) is 6.61 Å². The van der Waals surface area contributed by atoms with Gasteiger partial charge >= 0.3 is 0 Å². The van der Waals surface area contributed by atoms with E-state index in [0.717, 1.165) is 25.7 Å². The standard InChI is InChI=1S/C25H29Cl3N2O3/c1-2-23(25(32)29-18-9-4-3-5-10-18)30(15-20-21(27)12-7-13-22(20)28)24(31)16-33-19-11-6-8-17(26)14-19/h6-8,11-14,18,23H,2-5,9-10,15-16H2,1H3,(H,29,32). The summed E-state index contributed by atoms with van der Waals surface area (Å²) in [6.07, 6.45) is 5.78. The molecule has 1 saturated carbocycles. The third-order valence-corrected chi connectivity index (χ3v) is 6.83. The predicted molar refractivity (Wildman–Crippen MR) is 133 cm³/mol. The van der Waals surface area contributed by atoms with Crippen molar-refractivity contribution in [3.63, 3.8) is 0 Å². The van der Waals surface area contributed by atoms with Gasteiger partial charge in [-0.2, -0.15) is 0 Å². The summed E-state index contributed by atoms with van der Waals surface area (Å²) in [7, 11) is 0. The van der Waals surface area contributed by atoms with Crippen LogP contribution in [-0.2, 0) is 16.1 Å². The molecular formula is C25H29Cl3N2O3. The molecule has 1 aliphatic carbocycles. The van der Waals surface area contributed by atoms with Crippen LogP contribution in [-0.4, -0.2) is 35.4 Å². The summed E-state index contributed by atoms with van der Waals surface area (Å²) >= 11 is 18.8. The van der Waals surface area contributed by atoms with E-state index >= 15 is 0 Å². The van der Waals surface area contributed by atoms with Crippen molar-refractivity contribution in [2.75, 3.05) is 6.61 Å². The summed E-state index contributed by atoms with van der Waals surface area (Å²) in [5.74, 6) is -0.0217. The molecule has 8 heteroatoms. The number of carbonyl (C=O) groups is 2. The number of hydrogen-bond donors (Lipinski definition) is 1. The first kappa shape index (κ1) is 25.7. The van der Waals surface area contributed by atoms with Crippen LogP contribution in [0.1, 0.15) is 51.0 Å². The minimum atomic E-state index is -0.672. The molecule has 5 nitrogen and oxygen atoms in total. The topological polar surface area (TPSA) is 58.6 Å². The number of ether oxygens (including phenoxy) is 1. The monoisotopic (exact) mass is 510 g/mol. The molecule has 0 aliphatic heterocycles. The highest BCUT2D eigenvalue weighted by Crippen LogP contribution is 2.27. The molecule has 178 valence electrons. The summed E-state index contributed by atoms with van der Waals surface area (Å²) in [5, 5.41) is 4.54.